The van der Waals surface area contributed by atoms with Crippen LogP contribution in [0.5, 0.6) is 6.01 Å². The van der Waals surface area contributed by atoms with Crippen molar-refractivity contribution in [2.45, 2.75) is 31.6 Å². The number of fused-ring (bicyclic) bond motifs is 1. The van der Waals surface area contributed by atoms with Crippen LogP contribution in [0.1, 0.15) is 17.8 Å². The quantitative estimate of drug-likeness (QED) is 0.626. The maximum Gasteiger partial charge on any atom is 0.317 e. The molecule has 27 heavy (non-hydrogen) atoms. The zero-order valence-corrected chi connectivity index (χ0v) is 16.0. The molecule has 1 saturated heterocycles. The molecular weight excluding hydrogens is 364 g/mol. The lowest BCUT2D eigenvalue weighted by molar-refractivity contribution is -0.127. The van der Waals surface area contributed by atoms with E-state index < -0.39 is 0 Å². The average Bonchev–Trinajstić information content (AvgIpc) is 3.25. The number of ether oxygens (including phenoxy) is 1. The Morgan fingerprint density at radius 1 is 1.26 bits per heavy atom. The van der Waals surface area contributed by atoms with E-state index in [0.29, 0.717) is 30.1 Å². The first-order valence-electron chi connectivity index (χ1n) is 8.82. The highest BCUT2D eigenvalue weighted by Crippen LogP contribution is 2.24. The van der Waals surface area contributed by atoms with Crippen LogP contribution in [-0.2, 0) is 4.79 Å². The fourth-order valence-corrected chi connectivity index (χ4v) is 3.81. The fourth-order valence-electron chi connectivity index (χ4n) is 3.07. The van der Waals surface area contributed by atoms with Crippen molar-refractivity contribution in [1.82, 2.24) is 19.9 Å². The fraction of sp³-hybridized carbons (Fsp3) is 0.368. The average molecular weight is 384 g/mol. The number of carbonyl (C=O) groups excluding carboxylic acids is 1. The van der Waals surface area contributed by atoms with Gasteiger partial charge in [-0.3, -0.25) is 4.79 Å². The summed E-state index contributed by atoms with van der Waals surface area (Å²) >= 11 is 1.32. The largest absolute Gasteiger partial charge is 0.458 e. The van der Waals surface area contributed by atoms with Gasteiger partial charge in [0.15, 0.2) is 5.58 Å². The van der Waals surface area contributed by atoms with Crippen molar-refractivity contribution in [1.29, 1.82) is 0 Å². The Morgan fingerprint density at radius 2 is 2.04 bits per heavy atom. The second-order valence-corrected chi connectivity index (χ2v) is 7.46. The zero-order chi connectivity index (χ0) is 18.8. The molecule has 140 valence electrons. The van der Waals surface area contributed by atoms with Crippen LogP contribution in [0, 0.1) is 13.8 Å². The van der Waals surface area contributed by atoms with Gasteiger partial charge in [0, 0.05) is 24.4 Å². The minimum absolute atomic E-state index is 0.0506. The number of aryl methyl sites for hydroxylation is 2. The summed E-state index contributed by atoms with van der Waals surface area (Å²) < 4.78 is 11.5. The van der Waals surface area contributed by atoms with Gasteiger partial charge in [0.05, 0.1) is 12.3 Å². The Hall–Kier alpha value is -2.61. The van der Waals surface area contributed by atoms with Gasteiger partial charge in [0.2, 0.25) is 5.91 Å². The summed E-state index contributed by atoms with van der Waals surface area (Å²) in [4.78, 5) is 27.3. The Labute approximate surface area is 161 Å². The highest BCUT2D eigenvalue weighted by Gasteiger charge is 2.28. The normalized spacial score (nSPS) is 16.8. The molecule has 3 aromatic rings. The highest BCUT2D eigenvalue weighted by atomic mass is 32.2. The summed E-state index contributed by atoms with van der Waals surface area (Å²) in [6.45, 7) is 5.04. The van der Waals surface area contributed by atoms with Crippen LogP contribution in [-0.4, -0.2) is 50.7 Å². The van der Waals surface area contributed by atoms with E-state index in [4.69, 9.17) is 9.15 Å². The predicted molar refractivity (Wildman–Crippen MR) is 102 cm³/mol. The van der Waals surface area contributed by atoms with Gasteiger partial charge < -0.3 is 14.1 Å². The van der Waals surface area contributed by atoms with E-state index in [1.54, 1.807) is 0 Å². The van der Waals surface area contributed by atoms with E-state index in [2.05, 4.69) is 15.0 Å². The summed E-state index contributed by atoms with van der Waals surface area (Å²) in [5.74, 6) is 0.342. The summed E-state index contributed by atoms with van der Waals surface area (Å²) in [6, 6.07) is 9.85. The first-order chi connectivity index (χ1) is 13.1. The SMILES string of the molecule is Cc1cc(C)nc(OC2CCN(C(=O)CSc3nc4ccccc4o3)C2)n1. The van der Waals surface area contributed by atoms with E-state index >= 15 is 0 Å². The molecule has 0 bridgehead atoms. The molecule has 3 heterocycles. The maximum absolute atomic E-state index is 12.5. The lowest BCUT2D eigenvalue weighted by Crippen LogP contribution is -2.32. The molecule has 8 heteroatoms. The first-order valence-corrected chi connectivity index (χ1v) is 9.80. The van der Waals surface area contributed by atoms with Crippen molar-refractivity contribution in [3.8, 4) is 6.01 Å². The third-order valence-corrected chi connectivity index (χ3v) is 5.14. The predicted octanol–water partition coefficient (Wildman–Crippen LogP) is 3.01. The Kier molecular flexibility index (Phi) is 4.98. The Bertz CT molecular complexity index is 921. The van der Waals surface area contributed by atoms with Gasteiger partial charge in [-0.1, -0.05) is 23.9 Å². The van der Waals surface area contributed by atoms with Gasteiger partial charge in [-0.15, -0.1) is 0 Å². The second-order valence-electron chi connectivity index (χ2n) is 6.54. The summed E-state index contributed by atoms with van der Waals surface area (Å²) in [5, 5.41) is 0.514. The van der Waals surface area contributed by atoms with Gasteiger partial charge in [-0.25, -0.2) is 15.0 Å². The van der Waals surface area contributed by atoms with E-state index in [1.807, 2.05) is 49.1 Å². The standard InChI is InChI=1S/C19H20N4O3S/c1-12-9-13(2)21-18(20-12)25-14-7-8-23(10-14)17(24)11-27-19-22-15-5-3-4-6-16(15)26-19/h3-6,9,14H,7-8,10-11H2,1-2H3. The lowest BCUT2D eigenvalue weighted by Gasteiger charge is -2.16. The van der Waals surface area contributed by atoms with Gasteiger partial charge >= 0.3 is 6.01 Å². The van der Waals surface area contributed by atoms with Crippen molar-refractivity contribution in [2.75, 3.05) is 18.8 Å². The molecule has 0 radical (unpaired) electrons. The first kappa shape index (κ1) is 17.8. The van der Waals surface area contributed by atoms with Crippen molar-refractivity contribution < 1.29 is 13.9 Å². The van der Waals surface area contributed by atoms with Crippen molar-refractivity contribution in [3.05, 3.63) is 41.7 Å². The van der Waals surface area contributed by atoms with Crippen LogP contribution in [0.2, 0.25) is 0 Å². The van der Waals surface area contributed by atoms with Crippen LogP contribution >= 0.6 is 11.8 Å². The van der Waals surface area contributed by atoms with Crippen molar-refractivity contribution in [2.24, 2.45) is 0 Å². The minimum atomic E-state index is -0.0792. The molecule has 0 aliphatic carbocycles. The smallest absolute Gasteiger partial charge is 0.317 e. The van der Waals surface area contributed by atoms with E-state index in [-0.39, 0.29) is 12.0 Å². The van der Waals surface area contributed by atoms with E-state index in [9.17, 15) is 4.79 Å². The molecule has 0 saturated carbocycles. The summed E-state index contributed by atoms with van der Waals surface area (Å²) in [6.07, 6.45) is 0.694. The Balaban J connectivity index is 1.31. The molecule has 1 aliphatic rings. The Morgan fingerprint density at radius 3 is 2.81 bits per heavy atom. The molecule has 1 atom stereocenters. The van der Waals surface area contributed by atoms with Crippen LogP contribution in [0.25, 0.3) is 11.1 Å². The maximum atomic E-state index is 12.5. The zero-order valence-electron chi connectivity index (χ0n) is 15.2. The number of amides is 1. The molecule has 2 aromatic heterocycles. The molecule has 7 nitrogen and oxygen atoms in total. The molecule has 1 aliphatic heterocycles. The number of hydrogen-bond acceptors (Lipinski definition) is 7. The van der Waals surface area contributed by atoms with Crippen molar-refractivity contribution >= 4 is 28.8 Å². The van der Waals surface area contributed by atoms with Gasteiger partial charge in [-0.2, -0.15) is 0 Å². The lowest BCUT2D eigenvalue weighted by atomic mass is 10.3. The van der Waals surface area contributed by atoms with Crippen LogP contribution in [0.3, 0.4) is 0 Å². The number of hydrogen-bond donors (Lipinski definition) is 0. The third kappa shape index (κ3) is 4.21. The molecule has 1 unspecified atom stereocenters. The number of carbonyl (C=O) groups is 1. The topological polar surface area (TPSA) is 81.4 Å². The second kappa shape index (κ2) is 7.56. The summed E-state index contributed by atoms with van der Waals surface area (Å²) in [5.41, 5.74) is 3.28. The molecule has 4 rings (SSSR count). The number of para-hydroxylation sites is 2. The molecule has 0 spiro atoms. The molecule has 0 N–H and O–H groups in total. The molecule has 1 aromatic carbocycles. The van der Waals surface area contributed by atoms with Crippen molar-refractivity contribution in [3.63, 3.8) is 0 Å². The third-order valence-electron chi connectivity index (χ3n) is 4.32. The van der Waals surface area contributed by atoms with Crippen LogP contribution in [0.4, 0.5) is 0 Å². The number of oxazole rings is 1. The van der Waals surface area contributed by atoms with E-state index in [1.165, 1.54) is 11.8 Å². The number of rotatable bonds is 5. The van der Waals surface area contributed by atoms with Gasteiger partial charge in [-0.05, 0) is 32.0 Å². The van der Waals surface area contributed by atoms with Gasteiger partial charge in [0.1, 0.15) is 11.6 Å². The number of nitrogens with zero attached hydrogens (tertiary/aromatic N) is 4. The molecular formula is C19H20N4O3S. The number of thioether (sulfide) groups is 1. The number of benzene rings is 1. The number of aromatic nitrogens is 3. The van der Waals surface area contributed by atoms with E-state index in [0.717, 1.165) is 28.9 Å². The number of likely N-dealkylation sites (tertiary alicyclic amines) is 1. The van der Waals surface area contributed by atoms with Crippen LogP contribution in [0.15, 0.2) is 40.0 Å². The minimum Gasteiger partial charge on any atom is -0.458 e. The highest BCUT2D eigenvalue weighted by molar-refractivity contribution is 7.99. The summed E-state index contributed by atoms with van der Waals surface area (Å²) in [7, 11) is 0. The van der Waals surface area contributed by atoms with Gasteiger partial charge in [0.25, 0.3) is 5.22 Å². The monoisotopic (exact) mass is 384 g/mol. The van der Waals surface area contributed by atoms with Crippen LogP contribution < -0.4 is 4.74 Å². The molecule has 1 fully saturated rings. The molecule has 1 amide bonds.